The Kier molecular flexibility index (Phi) is 5.39. The van der Waals surface area contributed by atoms with E-state index >= 15 is 0 Å². The number of carbonyl (C=O) groups excluding carboxylic acids is 2. The van der Waals surface area contributed by atoms with Crippen molar-refractivity contribution in [2.75, 3.05) is 0 Å². The number of nitrogens with two attached hydrogens (primary N) is 1. The molecule has 0 radical (unpaired) electrons. The lowest BCUT2D eigenvalue weighted by atomic mass is 10.0. The molecule has 0 aliphatic rings. The van der Waals surface area contributed by atoms with Crippen molar-refractivity contribution in [3.63, 3.8) is 0 Å². The maximum absolute atomic E-state index is 12.7. The zero-order valence-electron chi connectivity index (χ0n) is 12.0. The molecule has 1 atom stereocenters. The van der Waals surface area contributed by atoms with Crippen molar-refractivity contribution in [2.24, 2.45) is 5.73 Å². The lowest BCUT2D eigenvalue weighted by Crippen LogP contribution is -2.39. The summed E-state index contributed by atoms with van der Waals surface area (Å²) in [6.45, 7) is 5.20. The smallest absolute Gasteiger partial charge is 0.323 e. The van der Waals surface area contributed by atoms with Gasteiger partial charge in [0.25, 0.3) is 0 Å². The SMILES string of the molecule is CC(C)(C)OC(=O)C(N)CC(=O)Cc1ccc(F)cc1. The second-order valence-electron chi connectivity index (χ2n) is 5.69. The van der Waals surface area contributed by atoms with Crippen molar-refractivity contribution in [2.45, 2.75) is 45.3 Å². The Morgan fingerprint density at radius 1 is 1.25 bits per heavy atom. The Balaban J connectivity index is 2.49. The molecule has 0 saturated heterocycles. The van der Waals surface area contributed by atoms with E-state index in [4.69, 9.17) is 10.5 Å². The minimum Gasteiger partial charge on any atom is -0.459 e. The monoisotopic (exact) mass is 281 g/mol. The number of ether oxygens (including phenoxy) is 1. The standard InChI is InChI=1S/C15H20FNO3/c1-15(2,3)20-14(19)13(17)9-12(18)8-10-4-6-11(16)7-5-10/h4-7,13H,8-9,17H2,1-3H3. The average Bonchev–Trinajstić information content (AvgIpc) is 2.29. The van der Waals surface area contributed by atoms with Crippen LogP contribution in [0.25, 0.3) is 0 Å². The third-order valence-electron chi connectivity index (χ3n) is 2.47. The molecule has 1 aromatic carbocycles. The highest BCUT2D eigenvalue weighted by Gasteiger charge is 2.24. The molecule has 5 heteroatoms. The zero-order valence-corrected chi connectivity index (χ0v) is 12.0. The summed E-state index contributed by atoms with van der Waals surface area (Å²) in [4.78, 5) is 23.4. The first kappa shape index (κ1) is 16.3. The molecule has 0 bridgehead atoms. The van der Waals surface area contributed by atoms with Crippen LogP contribution in [-0.2, 0) is 20.7 Å². The van der Waals surface area contributed by atoms with Crippen LogP contribution in [0.3, 0.4) is 0 Å². The average molecular weight is 281 g/mol. The van der Waals surface area contributed by atoms with Gasteiger partial charge in [-0.15, -0.1) is 0 Å². The van der Waals surface area contributed by atoms with Gasteiger partial charge in [-0.3, -0.25) is 9.59 Å². The van der Waals surface area contributed by atoms with Crippen molar-refractivity contribution in [3.05, 3.63) is 35.6 Å². The van der Waals surface area contributed by atoms with E-state index in [1.165, 1.54) is 24.3 Å². The summed E-state index contributed by atoms with van der Waals surface area (Å²) in [6.07, 6.45) is 0.0308. The lowest BCUT2D eigenvalue weighted by molar-refractivity contribution is -0.157. The van der Waals surface area contributed by atoms with Crippen molar-refractivity contribution in [3.8, 4) is 0 Å². The highest BCUT2D eigenvalue weighted by molar-refractivity contribution is 5.87. The summed E-state index contributed by atoms with van der Waals surface area (Å²) in [6, 6.07) is 4.67. The molecule has 4 nitrogen and oxygen atoms in total. The van der Waals surface area contributed by atoms with E-state index in [1.54, 1.807) is 20.8 Å². The van der Waals surface area contributed by atoms with Gasteiger partial charge in [0.1, 0.15) is 23.2 Å². The van der Waals surface area contributed by atoms with Gasteiger partial charge in [-0.1, -0.05) is 12.1 Å². The second-order valence-corrected chi connectivity index (χ2v) is 5.69. The van der Waals surface area contributed by atoms with Crippen molar-refractivity contribution in [1.29, 1.82) is 0 Å². The first-order chi connectivity index (χ1) is 9.17. The topological polar surface area (TPSA) is 69.4 Å². The van der Waals surface area contributed by atoms with Crippen LogP contribution < -0.4 is 5.73 Å². The van der Waals surface area contributed by atoms with Crippen molar-refractivity contribution < 1.29 is 18.7 Å². The Bertz CT molecular complexity index is 477. The van der Waals surface area contributed by atoms with Crippen LogP contribution in [0.4, 0.5) is 4.39 Å². The summed E-state index contributed by atoms with van der Waals surface area (Å²) in [5.74, 6) is -1.13. The van der Waals surface area contributed by atoms with Crippen LogP contribution >= 0.6 is 0 Å². The number of Topliss-reactive ketones (excluding diaryl/α,β-unsaturated/α-hetero) is 1. The van der Waals surface area contributed by atoms with Gasteiger partial charge in [-0.2, -0.15) is 0 Å². The normalized spacial score (nSPS) is 12.8. The molecular formula is C15H20FNO3. The van der Waals surface area contributed by atoms with Gasteiger partial charge in [-0.25, -0.2) is 4.39 Å². The molecule has 1 rings (SSSR count). The molecule has 1 aromatic rings. The fraction of sp³-hybridized carbons (Fsp3) is 0.467. The van der Waals surface area contributed by atoms with Crippen molar-refractivity contribution in [1.82, 2.24) is 0 Å². The summed E-state index contributed by atoms with van der Waals surface area (Å²) < 4.78 is 17.8. The van der Waals surface area contributed by atoms with E-state index in [9.17, 15) is 14.0 Å². The molecule has 0 aromatic heterocycles. The summed E-state index contributed by atoms with van der Waals surface area (Å²) in [5.41, 5.74) is 5.71. The molecule has 0 amide bonds. The van der Waals surface area contributed by atoms with Crippen LogP contribution in [0.2, 0.25) is 0 Å². The molecule has 0 aliphatic heterocycles. The number of halogens is 1. The van der Waals surface area contributed by atoms with Crippen LogP contribution in [0.5, 0.6) is 0 Å². The predicted octanol–water partition coefficient (Wildman–Crippen LogP) is 2.00. The van der Waals surface area contributed by atoms with E-state index in [2.05, 4.69) is 0 Å². The Labute approximate surface area is 118 Å². The number of ketones is 1. The zero-order chi connectivity index (χ0) is 15.3. The largest absolute Gasteiger partial charge is 0.459 e. The highest BCUT2D eigenvalue weighted by Crippen LogP contribution is 2.10. The first-order valence-electron chi connectivity index (χ1n) is 6.42. The molecule has 0 spiro atoms. The van der Waals surface area contributed by atoms with Crippen molar-refractivity contribution >= 4 is 11.8 Å². The number of benzene rings is 1. The Hall–Kier alpha value is -1.75. The van der Waals surface area contributed by atoms with E-state index in [1.807, 2.05) is 0 Å². The van der Waals surface area contributed by atoms with Crippen LogP contribution in [0.1, 0.15) is 32.8 Å². The molecule has 0 heterocycles. The molecular weight excluding hydrogens is 261 g/mol. The number of hydrogen-bond acceptors (Lipinski definition) is 4. The molecule has 2 N–H and O–H groups in total. The van der Waals surface area contributed by atoms with Gasteiger partial charge in [0, 0.05) is 12.8 Å². The molecule has 0 saturated carbocycles. The maximum Gasteiger partial charge on any atom is 0.323 e. The molecule has 1 unspecified atom stereocenters. The van der Waals surface area contributed by atoms with Gasteiger partial charge in [0.05, 0.1) is 0 Å². The van der Waals surface area contributed by atoms with Crippen LogP contribution in [0, 0.1) is 5.82 Å². The second kappa shape index (κ2) is 6.61. The predicted molar refractivity (Wildman–Crippen MR) is 73.5 cm³/mol. The number of rotatable bonds is 5. The third-order valence-corrected chi connectivity index (χ3v) is 2.47. The highest BCUT2D eigenvalue weighted by atomic mass is 19.1. The maximum atomic E-state index is 12.7. The van der Waals surface area contributed by atoms with E-state index in [0.29, 0.717) is 5.56 Å². The minimum absolute atomic E-state index is 0.0910. The van der Waals surface area contributed by atoms with Gasteiger partial charge in [0.15, 0.2) is 0 Å². The molecule has 0 fully saturated rings. The fourth-order valence-corrected chi connectivity index (χ4v) is 1.61. The number of carbonyl (C=O) groups is 2. The first-order valence-corrected chi connectivity index (χ1v) is 6.42. The van der Waals surface area contributed by atoms with E-state index in [0.717, 1.165) is 0 Å². The molecule has 0 aliphatic carbocycles. The number of esters is 1. The van der Waals surface area contributed by atoms with Gasteiger partial charge in [0.2, 0.25) is 0 Å². The Morgan fingerprint density at radius 2 is 1.80 bits per heavy atom. The molecule has 110 valence electrons. The summed E-state index contributed by atoms with van der Waals surface area (Å²) in [7, 11) is 0. The van der Waals surface area contributed by atoms with E-state index < -0.39 is 17.6 Å². The lowest BCUT2D eigenvalue weighted by Gasteiger charge is -2.21. The van der Waals surface area contributed by atoms with Gasteiger partial charge in [-0.05, 0) is 38.5 Å². The summed E-state index contributed by atoms with van der Waals surface area (Å²) in [5, 5.41) is 0. The van der Waals surface area contributed by atoms with E-state index in [-0.39, 0.29) is 24.4 Å². The fourth-order valence-electron chi connectivity index (χ4n) is 1.61. The van der Waals surface area contributed by atoms with Crippen LogP contribution in [0.15, 0.2) is 24.3 Å². The molecule has 20 heavy (non-hydrogen) atoms. The van der Waals surface area contributed by atoms with Gasteiger partial charge < -0.3 is 10.5 Å². The number of hydrogen-bond donors (Lipinski definition) is 1. The quantitative estimate of drug-likeness (QED) is 0.838. The van der Waals surface area contributed by atoms with Crippen LogP contribution in [-0.4, -0.2) is 23.4 Å². The summed E-state index contributed by atoms with van der Waals surface area (Å²) >= 11 is 0. The minimum atomic E-state index is -0.970. The van der Waals surface area contributed by atoms with Gasteiger partial charge >= 0.3 is 5.97 Å². The third kappa shape index (κ3) is 5.93. The Morgan fingerprint density at radius 3 is 2.30 bits per heavy atom.